The molecule has 0 radical (unpaired) electrons. The molecular formula is C13H16N4O2. The summed E-state index contributed by atoms with van der Waals surface area (Å²) in [6, 6.07) is 0.350. The molecule has 2 aromatic heterocycles. The van der Waals surface area contributed by atoms with Crippen molar-refractivity contribution in [2.45, 2.75) is 26.3 Å². The van der Waals surface area contributed by atoms with Gasteiger partial charge in [0.25, 0.3) is 0 Å². The molecule has 0 aromatic carbocycles. The Morgan fingerprint density at radius 2 is 2.26 bits per heavy atom. The van der Waals surface area contributed by atoms with Crippen LogP contribution in [0.1, 0.15) is 29.4 Å². The van der Waals surface area contributed by atoms with Crippen molar-refractivity contribution in [3.63, 3.8) is 0 Å². The number of hydrogen-bond donors (Lipinski definition) is 2. The minimum Gasteiger partial charge on any atom is -0.478 e. The van der Waals surface area contributed by atoms with E-state index in [4.69, 9.17) is 0 Å². The second kappa shape index (κ2) is 3.94. The van der Waals surface area contributed by atoms with Crippen LogP contribution in [0.3, 0.4) is 0 Å². The maximum Gasteiger partial charge on any atom is 0.339 e. The number of aromatic nitrogens is 3. The summed E-state index contributed by atoms with van der Waals surface area (Å²) in [6.45, 7) is 4.02. The standard InChI is InChI=1S/C13H16N4O2/c1-6-4-9(6)15-11-8(13(18)19)5-14-12-10(11)7(2)16-17(12)3/h5-6,9H,4H2,1-3H3,(H,14,15)(H,18,19). The highest BCUT2D eigenvalue weighted by Gasteiger charge is 2.34. The molecule has 19 heavy (non-hydrogen) atoms. The SMILES string of the molecule is Cc1nn(C)c2ncc(C(=O)O)c(NC3CC3C)c12. The highest BCUT2D eigenvalue weighted by molar-refractivity contribution is 6.04. The number of carboxylic acids is 1. The summed E-state index contributed by atoms with van der Waals surface area (Å²) in [5.41, 5.74) is 2.36. The Kier molecular flexibility index (Phi) is 2.48. The lowest BCUT2D eigenvalue weighted by Gasteiger charge is -2.10. The first-order valence-corrected chi connectivity index (χ1v) is 6.31. The predicted molar refractivity (Wildman–Crippen MR) is 71.4 cm³/mol. The van der Waals surface area contributed by atoms with E-state index in [0.29, 0.717) is 23.3 Å². The highest BCUT2D eigenvalue weighted by Crippen LogP contribution is 2.37. The smallest absolute Gasteiger partial charge is 0.339 e. The summed E-state index contributed by atoms with van der Waals surface area (Å²) in [7, 11) is 1.81. The molecule has 0 aliphatic heterocycles. The molecule has 2 N–H and O–H groups in total. The van der Waals surface area contributed by atoms with E-state index in [9.17, 15) is 9.90 Å². The van der Waals surface area contributed by atoms with Crippen LogP contribution in [0, 0.1) is 12.8 Å². The van der Waals surface area contributed by atoms with E-state index in [1.807, 2.05) is 14.0 Å². The lowest BCUT2D eigenvalue weighted by molar-refractivity contribution is 0.0697. The van der Waals surface area contributed by atoms with E-state index in [1.54, 1.807) is 4.68 Å². The number of anilines is 1. The van der Waals surface area contributed by atoms with Gasteiger partial charge in [-0.25, -0.2) is 9.78 Å². The summed E-state index contributed by atoms with van der Waals surface area (Å²) in [5, 5.41) is 17.8. The van der Waals surface area contributed by atoms with Gasteiger partial charge >= 0.3 is 5.97 Å². The van der Waals surface area contributed by atoms with Gasteiger partial charge in [0.05, 0.1) is 16.8 Å². The normalized spacial score (nSPS) is 21.6. The zero-order valence-corrected chi connectivity index (χ0v) is 11.1. The van der Waals surface area contributed by atoms with Crippen molar-refractivity contribution >= 4 is 22.7 Å². The van der Waals surface area contributed by atoms with Crippen LogP contribution in [-0.4, -0.2) is 31.9 Å². The Bertz CT molecular complexity index is 677. The van der Waals surface area contributed by atoms with Gasteiger partial charge in [0, 0.05) is 19.3 Å². The summed E-state index contributed by atoms with van der Waals surface area (Å²) in [6.07, 6.45) is 2.48. The van der Waals surface area contributed by atoms with E-state index in [1.165, 1.54) is 6.20 Å². The minimum atomic E-state index is -0.964. The zero-order chi connectivity index (χ0) is 13.7. The topological polar surface area (TPSA) is 80.0 Å². The molecule has 100 valence electrons. The maximum atomic E-state index is 11.4. The number of nitrogens with zero attached hydrogens (tertiary/aromatic N) is 3. The van der Waals surface area contributed by atoms with Crippen molar-refractivity contribution in [1.29, 1.82) is 0 Å². The lowest BCUT2D eigenvalue weighted by Crippen LogP contribution is -2.10. The van der Waals surface area contributed by atoms with Crippen molar-refractivity contribution < 1.29 is 9.90 Å². The van der Waals surface area contributed by atoms with Crippen molar-refractivity contribution in [2.24, 2.45) is 13.0 Å². The van der Waals surface area contributed by atoms with Gasteiger partial charge in [-0.15, -0.1) is 0 Å². The van der Waals surface area contributed by atoms with Gasteiger partial charge in [0.2, 0.25) is 0 Å². The second-order valence-electron chi connectivity index (χ2n) is 5.22. The average Bonchev–Trinajstić information content (AvgIpc) is 2.94. The summed E-state index contributed by atoms with van der Waals surface area (Å²) in [4.78, 5) is 15.6. The van der Waals surface area contributed by atoms with Gasteiger partial charge in [-0.1, -0.05) is 6.92 Å². The summed E-state index contributed by atoms with van der Waals surface area (Å²) < 4.78 is 1.68. The van der Waals surface area contributed by atoms with Crippen LogP contribution in [0.15, 0.2) is 6.20 Å². The van der Waals surface area contributed by atoms with Crippen molar-refractivity contribution in [1.82, 2.24) is 14.8 Å². The molecule has 2 unspecified atom stereocenters. The molecule has 0 spiro atoms. The van der Waals surface area contributed by atoms with Gasteiger partial charge in [0.15, 0.2) is 5.65 Å². The molecule has 0 amide bonds. The maximum absolute atomic E-state index is 11.4. The van der Waals surface area contributed by atoms with E-state index < -0.39 is 5.97 Å². The van der Waals surface area contributed by atoms with Gasteiger partial charge < -0.3 is 10.4 Å². The molecule has 2 heterocycles. The third-order valence-corrected chi connectivity index (χ3v) is 3.70. The van der Waals surface area contributed by atoms with Crippen molar-refractivity contribution in [3.8, 4) is 0 Å². The molecule has 3 rings (SSSR count). The van der Waals surface area contributed by atoms with E-state index in [0.717, 1.165) is 17.5 Å². The van der Waals surface area contributed by atoms with Crippen LogP contribution in [-0.2, 0) is 7.05 Å². The molecule has 0 saturated heterocycles. The summed E-state index contributed by atoms with van der Waals surface area (Å²) >= 11 is 0. The quantitative estimate of drug-likeness (QED) is 0.879. The number of fused-ring (bicyclic) bond motifs is 1. The first-order chi connectivity index (χ1) is 8.99. The van der Waals surface area contributed by atoms with Crippen LogP contribution >= 0.6 is 0 Å². The molecular weight excluding hydrogens is 244 g/mol. The van der Waals surface area contributed by atoms with E-state index in [2.05, 4.69) is 22.3 Å². The third-order valence-electron chi connectivity index (χ3n) is 3.70. The Balaban J connectivity index is 2.22. The highest BCUT2D eigenvalue weighted by atomic mass is 16.4. The molecule has 2 atom stereocenters. The first-order valence-electron chi connectivity index (χ1n) is 6.31. The Morgan fingerprint density at radius 3 is 2.84 bits per heavy atom. The van der Waals surface area contributed by atoms with E-state index in [-0.39, 0.29) is 5.56 Å². The lowest BCUT2D eigenvalue weighted by atomic mass is 10.1. The van der Waals surface area contributed by atoms with Crippen molar-refractivity contribution in [3.05, 3.63) is 17.5 Å². The molecule has 0 bridgehead atoms. The second-order valence-corrected chi connectivity index (χ2v) is 5.22. The van der Waals surface area contributed by atoms with Gasteiger partial charge in [0.1, 0.15) is 5.56 Å². The molecule has 6 heteroatoms. The molecule has 1 fully saturated rings. The number of aryl methyl sites for hydroxylation is 2. The number of rotatable bonds is 3. The number of pyridine rings is 1. The molecule has 2 aromatic rings. The number of hydrogen-bond acceptors (Lipinski definition) is 4. The monoisotopic (exact) mass is 260 g/mol. The average molecular weight is 260 g/mol. The van der Waals surface area contributed by atoms with Crippen LogP contribution in [0.4, 0.5) is 5.69 Å². The van der Waals surface area contributed by atoms with Crippen LogP contribution in [0.25, 0.3) is 11.0 Å². The fourth-order valence-electron chi connectivity index (χ4n) is 2.43. The fraction of sp³-hybridized carbons (Fsp3) is 0.462. The van der Waals surface area contributed by atoms with E-state index >= 15 is 0 Å². The van der Waals surface area contributed by atoms with Crippen LogP contribution < -0.4 is 5.32 Å². The van der Waals surface area contributed by atoms with Gasteiger partial charge in [-0.3, -0.25) is 4.68 Å². The zero-order valence-electron chi connectivity index (χ0n) is 11.1. The number of aromatic carboxylic acids is 1. The first kappa shape index (κ1) is 12.0. The van der Waals surface area contributed by atoms with Crippen molar-refractivity contribution in [2.75, 3.05) is 5.32 Å². The molecule has 1 aliphatic carbocycles. The Hall–Kier alpha value is -2.11. The Morgan fingerprint density at radius 1 is 1.58 bits per heavy atom. The third kappa shape index (κ3) is 1.83. The van der Waals surface area contributed by atoms with Gasteiger partial charge in [-0.2, -0.15) is 5.10 Å². The molecule has 1 aliphatic rings. The Labute approximate surface area is 110 Å². The van der Waals surface area contributed by atoms with Gasteiger partial charge in [-0.05, 0) is 19.3 Å². The minimum absolute atomic E-state index is 0.211. The molecule has 1 saturated carbocycles. The van der Waals surface area contributed by atoms with Crippen LogP contribution in [0.2, 0.25) is 0 Å². The fourth-order valence-corrected chi connectivity index (χ4v) is 2.43. The summed E-state index contributed by atoms with van der Waals surface area (Å²) in [5.74, 6) is -0.379. The number of carboxylic acid groups (broad SMARTS) is 1. The molecule has 6 nitrogen and oxygen atoms in total. The number of carbonyl (C=O) groups is 1. The van der Waals surface area contributed by atoms with Crippen LogP contribution in [0.5, 0.6) is 0 Å². The largest absolute Gasteiger partial charge is 0.478 e. The number of nitrogens with one attached hydrogen (secondary N) is 1. The predicted octanol–water partition coefficient (Wildman–Crippen LogP) is 1.80.